The van der Waals surface area contributed by atoms with Crippen LogP contribution in [0.4, 0.5) is 5.69 Å². The topological polar surface area (TPSA) is 84.6 Å². The number of rotatable bonds is 5. The number of oxazole rings is 1. The van der Waals surface area contributed by atoms with E-state index in [4.69, 9.17) is 20.8 Å². The quantitative estimate of drug-likeness (QED) is 0.475. The minimum atomic E-state index is -0.336. The molecule has 0 aliphatic carbocycles. The van der Waals surface area contributed by atoms with Crippen molar-refractivity contribution in [2.24, 2.45) is 0 Å². The van der Waals surface area contributed by atoms with Crippen LogP contribution in [0.1, 0.15) is 5.56 Å². The first-order valence-electron chi connectivity index (χ1n) is 8.87. The number of nitrogens with zero attached hydrogens (tertiary/aromatic N) is 1. The molecule has 0 atom stereocenters. The maximum Gasteiger partial charge on any atom is 0.262 e. The fourth-order valence-corrected chi connectivity index (χ4v) is 3.03. The van der Waals surface area contributed by atoms with Gasteiger partial charge in [-0.2, -0.15) is 0 Å². The molecule has 0 aliphatic rings. The molecule has 3 aromatic carbocycles. The number of ether oxygens (including phenoxy) is 1. The Morgan fingerprint density at radius 1 is 1.17 bits per heavy atom. The van der Waals surface area contributed by atoms with Gasteiger partial charge in [0.15, 0.2) is 12.2 Å². The zero-order valence-corrected chi connectivity index (χ0v) is 16.2. The molecule has 1 amide bonds. The van der Waals surface area contributed by atoms with E-state index in [1.54, 1.807) is 36.4 Å². The monoisotopic (exact) mass is 408 g/mol. The van der Waals surface area contributed by atoms with E-state index in [-0.39, 0.29) is 24.2 Å². The zero-order chi connectivity index (χ0) is 20.4. The lowest BCUT2D eigenvalue weighted by molar-refractivity contribution is -0.118. The highest BCUT2D eigenvalue weighted by Crippen LogP contribution is 2.33. The van der Waals surface area contributed by atoms with E-state index in [1.807, 2.05) is 25.1 Å². The molecule has 4 rings (SSSR count). The number of fused-ring (bicyclic) bond motifs is 1. The molecule has 7 heteroatoms. The summed E-state index contributed by atoms with van der Waals surface area (Å²) in [4.78, 5) is 16.5. The van der Waals surface area contributed by atoms with Gasteiger partial charge in [-0.3, -0.25) is 4.79 Å². The second kappa shape index (κ2) is 7.85. The van der Waals surface area contributed by atoms with E-state index in [9.17, 15) is 9.90 Å². The van der Waals surface area contributed by atoms with Crippen molar-refractivity contribution >= 4 is 34.3 Å². The fraction of sp³-hybridized carbons (Fsp3) is 0.0909. The largest absolute Gasteiger partial charge is 0.507 e. The predicted molar refractivity (Wildman–Crippen MR) is 111 cm³/mol. The highest BCUT2D eigenvalue weighted by atomic mass is 35.5. The van der Waals surface area contributed by atoms with Crippen LogP contribution in [0.5, 0.6) is 11.5 Å². The summed E-state index contributed by atoms with van der Waals surface area (Å²) in [7, 11) is 0. The Labute approximate surface area is 171 Å². The van der Waals surface area contributed by atoms with Crippen molar-refractivity contribution in [3.63, 3.8) is 0 Å². The number of hydrogen-bond acceptors (Lipinski definition) is 5. The first-order valence-corrected chi connectivity index (χ1v) is 9.25. The average Bonchev–Trinajstić information content (AvgIpc) is 3.10. The Morgan fingerprint density at radius 2 is 2.00 bits per heavy atom. The second-order valence-electron chi connectivity index (χ2n) is 6.47. The summed E-state index contributed by atoms with van der Waals surface area (Å²) in [5.74, 6) is 0.509. The maximum atomic E-state index is 12.2. The van der Waals surface area contributed by atoms with Gasteiger partial charge in [0.25, 0.3) is 5.91 Å². The summed E-state index contributed by atoms with van der Waals surface area (Å²) in [6.07, 6.45) is 0. The third-order valence-corrected chi connectivity index (χ3v) is 4.55. The normalized spacial score (nSPS) is 10.8. The van der Waals surface area contributed by atoms with Crippen LogP contribution in [0.25, 0.3) is 22.6 Å². The first kappa shape index (κ1) is 18.8. The van der Waals surface area contributed by atoms with E-state index < -0.39 is 0 Å². The zero-order valence-electron chi connectivity index (χ0n) is 15.5. The van der Waals surface area contributed by atoms with Gasteiger partial charge in [-0.15, -0.1) is 0 Å². The second-order valence-corrected chi connectivity index (χ2v) is 6.90. The number of phenolic OH excluding ortho intramolecular Hbond substituents is 1. The minimum Gasteiger partial charge on any atom is -0.507 e. The van der Waals surface area contributed by atoms with Gasteiger partial charge in [-0.1, -0.05) is 29.8 Å². The number of anilines is 1. The van der Waals surface area contributed by atoms with Gasteiger partial charge in [0.05, 0.1) is 5.56 Å². The number of carbonyl (C=O) groups excluding carboxylic acids is 1. The van der Waals surface area contributed by atoms with E-state index in [2.05, 4.69) is 10.3 Å². The SMILES string of the molecule is Cc1ccccc1OCC(=O)Nc1ccc(-c2nc3cc(Cl)ccc3o2)c(O)c1. The molecule has 4 aromatic rings. The number of para-hydroxylation sites is 1. The summed E-state index contributed by atoms with van der Waals surface area (Å²) in [5, 5.41) is 13.6. The van der Waals surface area contributed by atoms with Crippen LogP contribution in [0.2, 0.25) is 5.02 Å². The summed E-state index contributed by atoms with van der Waals surface area (Å²) in [6, 6.07) is 17.3. The van der Waals surface area contributed by atoms with Crippen LogP contribution in [-0.2, 0) is 4.79 Å². The van der Waals surface area contributed by atoms with Crippen LogP contribution in [-0.4, -0.2) is 22.6 Å². The Hall–Kier alpha value is -3.51. The van der Waals surface area contributed by atoms with Crippen LogP contribution in [0, 0.1) is 6.92 Å². The highest BCUT2D eigenvalue weighted by molar-refractivity contribution is 6.31. The van der Waals surface area contributed by atoms with Crippen molar-refractivity contribution in [2.75, 3.05) is 11.9 Å². The van der Waals surface area contributed by atoms with E-state index in [0.717, 1.165) is 5.56 Å². The summed E-state index contributed by atoms with van der Waals surface area (Å²) in [5.41, 5.74) is 2.95. The number of aryl methyl sites for hydroxylation is 1. The molecule has 6 nitrogen and oxygen atoms in total. The van der Waals surface area contributed by atoms with E-state index >= 15 is 0 Å². The van der Waals surface area contributed by atoms with Gasteiger partial charge < -0.3 is 19.6 Å². The Balaban J connectivity index is 1.46. The van der Waals surface area contributed by atoms with Crippen molar-refractivity contribution in [1.29, 1.82) is 0 Å². The summed E-state index contributed by atoms with van der Waals surface area (Å²) >= 11 is 5.97. The Bertz CT molecular complexity index is 1200. The van der Waals surface area contributed by atoms with Gasteiger partial charge in [-0.25, -0.2) is 4.98 Å². The predicted octanol–water partition coefficient (Wildman–Crippen LogP) is 5.18. The van der Waals surface area contributed by atoms with Crippen molar-refractivity contribution in [3.05, 3.63) is 71.2 Å². The van der Waals surface area contributed by atoms with Gasteiger partial charge >= 0.3 is 0 Å². The molecule has 146 valence electrons. The van der Waals surface area contributed by atoms with Gasteiger partial charge in [0.1, 0.15) is 17.0 Å². The van der Waals surface area contributed by atoms with E-state index in [0.29, 0.717) is 33.1 Å². The number of benzene rings is 3. The number of halogens is 1. The molecular formula is C22H17ClN2O4. The highest BCUT2D eigenvalue weighted by Gasteiger charge is 2.14. The number of hydrogen-bond donors (Lipinski definition) is 2. The molecule has 0 saturated carbocycles. The third-order valence-electron chi connectivity index (χ3n) is 4.31. The Kier molecular flexibility index (Phi) is 5.10. The molecule has 29 heavy (non-hydrogen) atoms. The maximum absolute atomic E-state index is 12.2. The molecular weight excluding hydrogens is 392 g/mol. The van der Waals surface area contributed by atoms with Crippen LogP contribution in [0.3, 0.4) is 0 Å². The number of aromatic nitrogens is 1. The molecule has 0 spiro atoms. The van der Waals surface area contributed by atoms with Crippen molar-refractivity contribution < 1.29 is 19.1 Å². The summed E-state index contributed by atoms with van der Waals surface area (Å²) < 4.78 is 11.2. The lowest BCUT2D eigenvalue weighted by atomic mass is 10.2. The molecule has 0 unspecified atom stereocenters. The molecule has 1 heterocycles. The summed E-state index contributed by atoms with van der Waals surface area (Å²) in [6.45, 7) is 1.77. The number of nitrogens with one attached hydrogen (secondary N) is 1. The minimum absolute atomic E-state index is 0.0692. The van der Waals surface area contributed by atoms with Crippen molar-refractivity contribution in [2.45, 2.75) is 6.92 Å². The number of amides is 1. The van der Waals surface area contributed by atoms with Crippen molar-refractivity contribution in [1.82, 2.24) is 4.98 Å². The van der Waals surface area contributed by atoms with Crippen LogP contribution < -0.4 is 10.1 Å². The lowest BCUT2D eigenvalue weighted by Gasteiger charge is -2.10. The van der Waals surface area contributed by atoms with Gasteiger partial charge in [-0.05, 0) is 48.9 Å². The third kappa shape index (κ3) is 4.17. The molecule has 0 saturated heterocycles. The average molecular weight is 409 g/mol. The lowest BCUT2D eigenvalue weighted by Crippen LogP contribution is -2.20. The van der Waals surface area contributed by atoms with Crippen LogP contribution >= 0.6 is 11.6 Å². The smallest absolute Gasteiger partial charge is 0.262 e. The van der Waals surface area contributed by atoms with Gasteiger partial charge in [0.2, 0.25) is 5.89 Å². The van der Waals surface area contributed by atoms with Gasteiger partial charge in [0, 0.05) is 16.8 Å². The Morgan fingerprint density at radius 3 is 2.79 bits per heavy atom. The molecule has 2 N–H and O–H groups in total. The first-order chi connectivity index (χ1) is 14.0. The van der Waals surface area contributed by atoms with Crippen LogP contribution in [0.15, 0.2) is 65.1 Å². The number of aromatic hydroxyl groups is 1. The molecule has 0 aliphatic heterocycles. The van der Waals surface area contributed by atoms with Crippen molar-refractivity contribution in [3.8, 4) is 23.0 Å². The molecule has 0 fully saturated rings. The molecule has 0 bridgehead atoms. The molecule has 1 aromatic heterocycles. The number of phenols is 1. The fourth-order valence-electron chi connectivity index (χ4n) is 2.86. The standard InChI is InChI=1S/C22H17ClN2O4/c1-13-4-2-3-5-19(13)28-12-21(27)24-15-7-8-16(18(26)11-15)22-25-17-10-14(23)6-9-20(17)29-22/h2-11,26H,12H2,1H3,(H,24,27). The van der Waals surface area contributed by atoms with E-state index in [1.165, 1.54) is 6.07 Å². The number of carbonyl (C=O) groups is 1. The molecule has 0 radical (unpaired) electrons.